The fraction of sp³-hybridized carbons (Fsp3) is 0. The minimum absolute atomic E-state index is 0. The molecule has 0 saturated heterocycles. The quantitative estimate of drug-likeness (QED) is 0.313. The average molecular weight is 182 g/mol. The van der Waals surface area contributed by atoms with E-state index in [-0.39, 0.29) is 5.48 Å². The molecule has 50 valence electrons. The predicted molar refractivity (Wildman–Crippen MR) is 17.3 cm³/mol. The van der Waals surface area contributed by atoms with Crippen LogP contribution in [0.1, 0.15) is 0 Å². The SMILES string of the molecule is O.O=S(=O)(O)O[O][V]. The number of hydrogen-bond acceptors (Lipinski definition) is 4. The summed E-state index contributed by atoms with van der Waals surface area (Å²) >= 11 is 1.35. The van der Waals surface area contributed by atoms with E-state index in [4.69, 9.17) is 4.55 Å². The third-order valence-electron chi connectivity index (χ3n) is 0.116. The molecule has 0 aromatic heterocycles. The zero-order valence-corrected chi connectivity index (χ0v) is 5.65. The predicted octanol–water partition coefficient (Wildman–Crippen LogP) is -1.63. The second-order valence-electron chi connectivity index (χ2n) is 0.570. The third-order valence-corrected chi connectivity index (χ3v) is 0.634. The summed E-state index contributed by atoms with van der Waals surface area (Å²) in [6, 6.07) is 0. The van der Waals surface area contributed by atoms with Crippen LogP contribution in [0.4, 0.5) is 0 Å². The van der Waals surface area contributed by atoms with E-state index in [1.54, 1.807) is 0 Å². The van der Waals surface area contributed by atoms with Crippen LogP contribution < -0.4 is 0 Å². The summed E-state index contributed by atoms with van der Waals surface area (Å²) in [5.41, 5.74) is 0. The van der Waals surface area contributed by atoms with Crippen molar-refractivity contribution in [1.29, 1.82) is 0 Å². The van der Waals surface area contributed by atoms with Gasteiger partial charge in [0.1, 0.15) is 0 Å². The van der Waals surface area contributed by atoms with E-state index in [2.05, 4.69) is 8.15 Å². The maximum absolute atomic E-state index is 9.43. The zero-order chi connectivity index (χ0) is 5.91. The van der Waals surface area contributed by atoms with Crippen LogP contribution in [0.25, 0.3) is 0 Å². The molecule has 8 heavy (non-hydrogen) atoms. The van der Waals surface area contributed by atoms with Crippen LogP contribution in [0.5, 0.6) is 0 Å². The van der Waals surface area contributed by atoms with E-state index >= 15 is 0 Å². The van der Waals surface area contributed by atoms with Crippen LogP contribution in [0, 0.1) is 0 Å². The molecule has 0 fully saturated rings. The molecule has 0 radical (unpaired) electrons. The molecule has 0 amide bonds. The molecule has 0 atom stereocenters. The molecule has 0 aromatic rings. The van der Waals surface area contributed by atoms with E-state index in [0.29, 0.717) is 0 Å². The first-order chi connectivity index (χ1) is 3.06. The van der Waals surface area contributed by atoms with Crippen molar-refractivity contribution in [1.82, 2.24) is 0 Å². The molecular formula is H3O6SV. The van der Waals surface area contributed by atoms with Crippen LogP contribution in [0.15, 0.2) is 0 Å². The first-order valence-corrected chi connectivity index (χ1v) is 2.97. The van der Waals surface area contributed by atoms with E-state index in [1.165, 1.54) is 17.8 Å². The van der Waals surface area contributed by atoms with Crippen molar-refractivity contribution in [3.05, 3.63) is 0 Å². The standard InChI is InChI=1S/H2O5S.H2O.V/c1-5-6(2,3)4;;/h1H,(H,2,3,4);1H2;/q;;+1/p-1. The second kappa shape index (κ2) is 4.27. The van der Waals surface area contributed by atoms with Gasteiger partial charge in [-0.3, -0.25) is 0 Å². The molecule has 0 rings (SSSR count). The molecule has 0 aromatic carbocycles. The van der Waals surface area contributed by atoms with Crippen LogP contribution in [0.3, 0.4) is 0 Å². The number of hydrogen-bond donors (Lipinski definition) is 1. The summed E-state index contributed by atoms with van der Waals surface area (Å²) in [6.07, 6.45) is 0. The van der Waals surface area contributed by atoms with Crippen molar-refractivity contribution in [2.45, 2.75) is 0 Å². The Morgan fingerprint density at radius 1 is 1.50 bits per heavy atom. The van der Waals surface area contributed by atoms with Crippen molar-refractivity contribution in [3.63, 3.8) is 0 Å². The van der Waals surface area contributed by atoms with Gasteiger partial charge >= 0.3 is 49.3 Å². The molecule has 0 aliphatic rings. The summed E-state index contributed by atoms with van der Waals surface area (Å²) < 4.78 is 33.2. The summed E-state index contributed by atoms with van der Waals surface area (Å²) in [5.74, 6) is 0. The Balaban J connectivity index is 0. The molecule has 0 unspecified atom stereocenters. The van der Waals surface area contributed by atoms with Crippen molar-refractivity contribution < 1.29 is 44.4 Å². The Morgan fingerprint density at radius 2 is 1.88 bits per heavy atom. The van der Waals surface area contributed by atoms with E-state index < -0.39 is 10.4 Å². The van der Waals surface area contributed by atoms with Gasteiger partial charge in [-0.15, -0.1) is 0 Å². The fourth-order valence-corrected chi connectivity index (χ4v) is 0.476. The van der Waals surface area contributed by atoms with Gasteiger partial charge in [-0.1, -0.05) is 0 Å². The summed E-state index contributed by atoms with van der Waals surface area (Å²) in [5, 5.41) is 0. The topological polar surface area (TPSA) is 104 Å². The molecule has 0 heterocycles. The van der Waals surface area contributed by atoms with Crippen molar-refractivity contribution >= 4 is 10.4 Å². The van der Waals surface area contributed by atoms with Crippen molar-refractivity contribution in [2.75, 3.05) is 0 Å². The third kappa shape index (κ3) is 9.62. The first kappa shape index (κ1) is 11.2. The molecule has 3 N–H and O–H groups in total. The van der Waals surface area contributed by atoms with Crippen LogP contribution in [0.2, 0.25) is 0 Å². The molecule has 0 saturated carbocycles. The Morgan fingerprint density at radius 3 is 1.88 bits per heavy atom. The van der Waals surface area contributed by atoms with Gasteiger partial charge in [0.2, 0.25) is 0 Å². The van der Waals surface area contributed by atoms with Gasteiger partial charge < -0.3 is 5.48 Å². The van der Waals surface area contributed by atoms with Gasteiger partial charge in [0.05, 0.1) is 0 Å². The van der Waals surface area contributed by atoms with Gasteiger partial charge in [0.15, 0.2) is 0 Å². The average Bonchev–Trinajstić information content (AvgIpc) is 1.30. The fourth-order valence-electron chi connectivity index (χ4n) is 0.0385. The van der Waals surface area contributed by atoms with Crippen LogP contribution >= 0.6 is 0 Å². The van der Waals surface area contributed by atoms with Crippen LogP contribution in [-0.4, -0.2) is 18.4 Å². The molecule has 0 aliphatic heterocycles. The van der Waals surface area contributed by atoms with E-state index in [9.17, 15) is 8.42 Å². The minimum atomic E-state index is -4.41. The summed E-state index contributed by atoms with van der Waals surface area (Å²) in [6.45, 7) is 0. The van der Waals surface area contributed by atoms with Gasteiger partial charge in [-0.2, -0.15) is 0 Å². The van der Waals surface area contributed by atoms with E-state index in [1.807, 2.05) is 0 Å². The molecule has 0 bridgehead atoms. The van der Waals surface area contributed by atoms with Crippen LogP contribution in [-0.2, 0) is 36.3 Å². The molecule has 6 nitrogen and oxygen atoms in total. The Kier molecular flexibility index (Phi) is 5.99. The number of rotatable bonds is 2. The maximum atomic E-state index is 9.43. The summed E-state index contributed by atoms with van der Waals surface area (Å²) in [7, 11) is -4.41. The van der Waals surface area contributed by atoms with Gasteiger partial charge in [-0.25, -0.2) is 0 Å². The van der Waals surface area contributed by atoms with Crippen molar-refractivity contribution in [3.8, 4) is 0 Å². The van der Waals surface area contributed by atoms with Gasteiger partial charge in [-0.05, 0) is 0 Å². The first-order valence-electron chi connectivity index (χ1n) is 1.03. The molecular weight excluding hydrogens is 179 g/mol. The Labute approximate surface area is 55.3 Å². The zero-order valence-electron chi connectivity index (χ0n) is 3.44. The molecule has 0 aliphatic carbocycles. The second-order valence-corrected chi connectivity index (χ2v) is 1.79. The molecule has 0 spiro atoms. The normalized spacial score (nSPS) is 10.1. The Bertz CT molecular complexity index is 121. The van der Waals surface area contributed by atoms with E-state index in [0.717, 1.165) is 0 Å². The summed E-state index contributed by atoms with van der Waals surface area (Å²) in [4.78, 5) is 0. The van der Waals surface area contributed by atoms with Gasteiger partial charge in [0, 0.05) is 0 Å². The Hall–Kier alpha value is 0.374. The monoisotopic (exact) mass is 182 g/mol. The van der Waals surface area contributed by atoms with Gasteiger partial charge in [0.25, 0.3) is 0 Å². The van der Waals surface area contributed by atoms with Crippen molar-refractivity contribution in [2.24, 2.45) is 0 Å². The molecule has 8 heteroatoms.